The van der Waals surface area contributed by atoms with Gasteiger partial charge in [-0.05, 0) is 47.9 Å². The fourth-order valence-electron chi connectivity index (χ4n) is 5.42. The molecule has 51 heavy (non-hydrogen) atoms. The SMILES string of the molecule is CNc1ccc(/C=C/c2ccc(OCCOCCOCCOCCOCCNc3cccc4c3C(=O)N(C3CCC(=O)NC3=O)C4=O)nc2)cc1. The quantitative estimate of drug-likeness (QED) is 0.110. The van der Waals surface area contributed by atoms with Gasteiger partial charge in [0.2, 0.25) is 17.7 Å². The monoisotopic (exact) mass is 701 g/mol. The second-order valence-corrected chi connectivity index (χ2v) is 11.5. The number of pyridine rings is 1. The molecule has 14 heteroatoms. The number of amides is 4. The van der Waals surface area contributed by atoms with Gasteiger partial charge in [0, 0.05) is 43.7 Å². The first kappa shape index (κ1) is 37.1. The third-order valence-electron chi connectivity index (χ3n) is 8.05. The van der Waals surface area contributed by atoms with Crippen molar-refractivity contribution in [2.75, 3.05) is 83.7 Å². The Hall–Kier alpha value is -5.15. The van der Waals surface area contributed by atoms with Gasteiger partial charge in [0.1, 0.15) is 12.6 Å². The number of aromatic nitrogens is 1. The summed E-state index contributed by atoms with van der Waals surface area (Å²) in [6.07, 6.45) is 5.98. The van der Waals surface area contributed by atoms with Crippen molar-refractivity contribution in [2.24, 2.45) is 0 Å². The molecule has 1 aromatic heterocycles. The summed E-state index contributed by atoms with van der Waals surface area (Å²) in [4.78, 5) is 55.2. The van der Waals surface area contributed by atoms with Crippen LogP contribution >= 0.6 is 0 Å². The van der Waals surface area contributed by atoms with E-state index < -0.39 is 29.7 Å². The van der Waals surface area contributed by atoms with E-state index in [0.717, 1.165) is 21.7 Å². The van der Waals surface area contributed by atoms with Crippen LogP contribution in [0.1, 0.15) is 44.7 Å². The number of rotatable bonds is 21. The van der Waals surface area contributed by atoms with Gasteiger partial charge in [-0.2, -0.15) is 0 Å². The fraction of sp³-hybridized carbons (Fsp3) is 0.378. The Kier molecular flexibility index (Phi) is 14.0. The molecule has 270 valence electrons. The summed E-state index contributed by atoms with van der Waals surface area (Å²) in [7, 11) is 1.89. The minimum atomic E-state index is -1.01. The maximum Gasteiger partial charge on any atom is 0.264 e. The number of hydrogen-bond donors (Lipinski definition) is 3. The summed E-state index contributed by atoms with van der Waals surface area (Å²) >= 11 is 0. The zero-order valence-electron chi connectivity index (χ0n) is 28.6. The molecule has 1 saturated heterocycles. The number of carbonyl (C=O) groups excluding carboxylic acids is 4. The third kappa shape index (κ3) is 10.7. The Balaban J connectivity index is 0.846. The minimum Gasteiger partial charge on any atom is -0.475 e. The highest BCUT2D eigenvalue weighted by Crippen LogP contribution is 2.32. The van der Waals surface area contributed by atoms with Crippen LogP contribution < -0.4 is 20.7 Å². The summed E-state index contributed by atoms with van der Waals surface area (Å²) in [6, 6.07) is 15.8. The van der Waals surface area contributed by atoms with E-state index >= 15 is 0 Å². The van der Waals surface area contributed by atoms with Crippen molar-refractivity contribution in [3.8, 4) is 5.88 Å². The topological polar surface area (TPSA) is 167 Å². The number of ether oxygens (including phenoxy) is 5. The average molecular weight is 702 g/mol. The summed E-state index contributed by atoms with van der Waals surface area (Å²) in [5.41, 5.74) is 4.07. The molecule has 1 unspecified atom stereocenters. The molecule has 0 saturated carbocycles. The molecule has 1 atom stereocenters. The molecule has 2 aliphatic heterocycles. The molecule has 2 aromatic carbocycles. The smallest absolute Gasteiger partial charge is 0.264 e. The largest absolute Gasteiger partial charge is 0.475 e. The Bertz CT molecular complexity index is 1660. The average Bonchev–Trinajstić information content (AvgIpc) is 3.40. The number of nitrogens with one attached hydrogen (secondary N) is 3. The normalized spacial score (nSPS) is 15.7. The molecule has 3 aromatic rings. The predicted molar refractivity (Wildman–Crippen MR) is 190 cm³/mol. The standard InChI is InChI=1S/C37H43N5O9/c1-38-28-10-7-26(8-11-28)5-6-27-9-14-33(40-25-27)51-24-23-50-22-21-49-20-19-48-18-17-47-16-15-39-30-4-2-3-29-34(30)37(46)42(36(29)45)31-12-13-32(43)41-35(31)44/h2-11,14,25,31,38-39H,12-13,15-24H2,1H3,(H,41,43,44)/b6-5+. The number of benzene rings is 2. The van der Waals surface area contributed by atoms with Crippen LogP contribution in [0.25, 0.3) is 12.2 Å². The van der Waals surface area contributed by atoms with Crippen LogP contribution in [0, 0.1) is 0 Å². The zero-order valence-corrected chi connectivity index (χ0v) is 28.6. The molecule has 0 spiro atoms. The van der Waals surface area contributed by atoms with Crippen LogP contribution in [0.2, 0.25) is 0 Å². The first-order chi connectivity index (χ1) is 24.9. The molecule has 2 aliphatic rings. The maximum atomic E-state index is 13.2. The molecule has 0 bridgehead atoms. The third-order valence-corrected chi connectivity index (χ3v) is 8.05. The summed E-state index contributed by atoms with van der Waals surface area (Å²) in [5, 5.41) is 8.44. The Morgan fingerprint density at radius 1 is 0.784 bits per heavy atom. The number of nitrogens with zero attached hydrogens (tertiary/aromatic N) is 2. The summed E-state index contributed by atoms with van der Waals surface area (Å²) in [5.74, 6) is -1.62. The molecular formula is C37H43N5O9. The van der Waals surface area contributed by atoms with E-state index in [1.165, 1.54) is 0 Å². The lowest BCUT2D eigenvalue weighted by molar-refractivity contribution is -0.136. The van der Waals surface area contributed by atoms with E-state index in [9.17, 15) is 19.2 Å². The first-order valence-electron chi connectivity index (χ1n) is 16.9. The van der Waals surface area contributed by atoms with Gasteiger partial charge >= 0.3 is 0 Å². The second kappa shape index (κ2) is 19.3. The van der Waals surface area contributed by atoms with Gasteiger partial charge in [0.05, 0.1) is 64.0 Å². The van der Waals surface area contributed by atoms with E-state index in [1.807, 2.05) is 55.6 Å². The van der Waals surface area contributed by atoms with Gasteiger partial charge in [-0.25, -0.2) is 4.98 Å². The predicted octanol–water partition coefficient (Wildman–Crippen LogP) is 3.25. The highest BCUT2D eigenvalue weighted by molar-refractivity contribution is 6.25. The van der Waals surface area contributed by atoms with Crippen molar-refractivity contribution in [3.05, 3.63) is 83.0 Å². The van der Waals surface area contributed by atoms with Gasteiger partial charge in [-0.15, -0.1) is 0 Å². The Morgan fingerprint density at radius 2 is 1.43 bits per heavy atom. The van der Waals surface area contributed by atoms with Crippen LogP contribution in [-0.4, -0.2) is 113 Å². The molecule has 3 heterocycles. The van der Waals surface area contributed by atoms with E-state index in [2.05, 4.69) is 20.9 Å². The molecular weight excluding hydrogens is 658 g/mol. The lowest BCUT2D eigenvalue weighted by Crippen LogP contribution is -2.54. The molecule has 5 rings (SSSR count). The minimum absolute atomic E-state index is 0.0675. The van der Waals surface area contributed by atoms with Crippen LogP contribution in [0.3, 0.4) is 0 Å². The van der Waals surface area contributed by atoms with E-state index in [0.29, 0.717) is 77.6 Å². The number of imide groups is 2. The number of anilines is 2. The van der Waals surface area contributed by atoms with Crippen LogP contribution in [-0.2, 0) is 28.5 Å². The van der Waals surface area contributed by atoms with Crippen molar-refractivity contribution >= 4 is 47.2 Å². The highest BCUT2D eigenvalue weighted by Gasteiger charge is 2.45. The van der Waals surface area contributed by atoms with Gasteiger partial charge in [0.15, 0.2) is 0 Å². The lowest BCUT2D eigenvalue weighted by atomic mass is 10.0. The lowest BCUT2D eigenvalue weighted by Gasteiger charge is -2.27. The van der Waals surface area contributed by atoms with Gasteiger partial charge < -0.3 is 34.3 Å². The van der Waals surface area contributed by atoms with Crippen LogP contribution in [0.4, 0.5) is 11.4 Å². The molecule has 3 N–H and O–H groups in total. The number of carbonyl (C=O) groups is 4. The second-order valence-electron chi connectivity index (χ2n) is 11.5. The Labute approximate surface area is 296 Å². The van der Waals surface area contributed by atoms with Gasteiger partial charge in [-0.1, -0.05) is 30.4 Å². The van der Waals surface area contributed by atoms with E-state index in [-0.39, 0.29) is 24.0 Å². The fourth-order valence-corrected chi connectivity index (χ4v) is 5.42. The van der Waals surface area contributed by atoms with E-state index in [1.54, 1.807) is 24.4 Å². The van der Waals surface area contributed by atoms with E-state index in [4.69, 9.17) is 23.7 Å². The van der Waals surface area contributed by atoms with Crippen LogP contribution in [0.5, 0.6) is 5.88 Å². The zero-order chi connectivity index (χ0) is 35.8. The van der Waals surface area contributed by atoms with Gasteiger partial charge in [-0.3, -0.25) is 29.4 Å². The highest BCUT2D eigenvalue weighted by atomic mass is 16.6. The van der Waals surface area contributed by atoms with Crippen LogP contribution in [0.15, 0.2) is 60.8 Å². The molecule has 1 fully saturated rings. The summed E-state index contributed by atoms with van der Waals surface area (Å²) in [6.45, 7) is 4.01. The maximum absolute atomic E-state index is 13.2. The van der Waals surface area contributed by atoms with Crippen molar-refractivity contribution < 1.29 is 42.9 Å². The van der Waals surface area contributed by atoms with Crippen molar-refractivity contribution in [2.45, 2.75) is 18.9 Å². The molecule has 0 radical (unpaired) electrons. The molecule has 14 nitrogen and oxygen atoms in total. The molecule has 4 amide bonds. The first-order valence-corrected chi connectivity index (χ1v) is 16.9. The number of piperidine rings is 1. The summed E-state index contributed by atoms with van der Waals surface area (Å²) < 4.78 is 27.9. The number of fused-ring (bicyclic) bond motifs is 1. The van der Waals surface area contributed by atoms with Crippen molar-refractivity contribution in [1.82, 2.24) is 15.2 Å². The van der Waals surface area contributed by atoms with Crippen molar-refractivity contribution in [1.29, 1.82) is 0 Å². The van der Waals surface area contributed by atoms with Crippen molar-refractivity contribution in [3.63, 3.8) is 0 Å². The number of hydrogen-bond acceptors (Lipinski definition) is 12. The molecule has 0 aliphatic carbocycles. The Morgan fingerprint density at radius 3 is 2.08 bits per heavy atom. The van der Waals surface area contributed by atoms with Gasteiger partial charge in [0.25, 0.3) is 11.8 Å².